The van der Waals surface area contributed by atoms with Crippen LogP contribution in [-0.4, -0.2) is 72.8 Å². The predicted octanol–water partition coefficient (Wildman–Crippen LogP) is 2.72. The van der Waals surface area contributed by atoms with E-state index in [1.54, 1.807) is 11.8 Å². The van der Waals surface area contributed by atoms with Crippen LogP contribution in [0.25, 0.3) is 0 Å². The highest BCUT2D eigenvalue weighted by atomic mass is 16.6. The first-order valence-corrected chi connectivity index (χ1v) is 11.3. The highest BCUT2D eigenvalue weighted by Gasteiger charge is 2.35. The van der Waals surface area contributed by atoms with Crippen molar-refractivity contribution in [3.8, 4) is 0 Å². The van der Waals surface area contributed by atoms with E-state index in [-0.39, 0.29) is 18.7 Å². The molecule has 3 rings (SSSR count). The quantitative estimate of drug-likeness (QED) is 0.658. The SMILES string of the molecule is CCOC(=O)C1=C(CN2CCN(C(=O)OC(C)(C)C)CC2)NC(=O)NC1c1ccc(C)cc1. The minimum absolute atomic E-state index is 0.235. The number of urea groups is 1. The van der Waals surface area contributed by atoms with E-state index in [0.29, 0.717) is 44.0 Å². The Bertz CT molecular complexity index is 912. The average Bonchev–Trinajstić information content (AvgIpc) is 2.73. The first kappa shape index (κ1) is 24.6. The summed E-state index contributed by atoms with van der Waals surface area (Å²) < 4.78 is 10.8. The molecule has 9 heteroatoms. The fourth-order valence-electron chi connectivity index (χ4n) is 3.84. The molecule has 1 aromatic rings. The van der Waals surface area contributed by atoms with Crippen molar-refractivity contribution in [2.45, 2.75) is 46.3 Å². The maximum Gasteiger partial charge on any atom is 0.410 e. The zero-order chi connectivity index (χ0) is 24.2. The number of esters is 1. The number of nitrogens with zero attached hydrogens (tertiary/aromatic N) is 2. The number of benzene rings is 1. The molecule has 2 aliphatic rings. The Balaban J connectivity index is 1.79. The molecular formula is C24H34N4O5. The van der Waals surface area contributed by atoms with Crippen LogP contribution in [0.5, 0.6) is 0 Å². The fourth-order valence-corrected chi connectivity index (χ4v) is 3.84. The van der Waals surface area contributed by atoms with Crippen LogP contribution in [0, 0.1) is 6.92 Å². The van der Waals surface area contributed by atoms with Crippen molar-refractivity contribution in [3.05, 3.63) is 46.7 Å². The van der Waals surface area contributed by atoms with Gasteiger partial charge in [-0.25, -0.2) is 14.4 Å². The minimum atomic E-state index is -0.601. The van der Waals surface area contributed by atoms with Gasteiger partial charge in [0, 0.05) is 38.4 Å². The molecule has 33 heavy (non-hydrogen) atoms. The molecule has 0 bridgehead atoms. The summed E-state index contributed by atoms with van der Waals surface area (Å²) in [6, 6.07) is 6.74. The van der Waals surface area contributed by atoms with E-state index >= 15 is 0 Å². The maximum atomic E-state index is 12.9. The molecule has 2 aliphatic heterocycles. The second-order valence-electron chi connectivity index (χ2n) is 9.30. The normalized spacial score (nSPS) is 19.6. The summed E-state index contributed by atoms with van der Waals surface area (Å²) in [7, 11) is 0. The van der Waals surface area contributed by atoms with Crippen molar-refractivity contribution in [2.24, 2.45) is 0 Å². The molecule has 1 fully saturated rings. The molecule has 0 spiro atoms. The van der Waals surface area contributed by atoms with E-state index in [0.717, 1.165) is 11.1 Å². The number of hydrogen-bond donors (Lipinski definition) is 2. The average molecular weight is 459 g/mol. The van der Waals surface area contributed by atoms with Crippen LogP contribution in [0.1, 0.15) is 44.9 Å². The van der Waals surface area contributed by atoms with Crippen molar-refractivity contribution in [3.63, 3.8) is 0 Å². The molecule has 0 aromatic heterocycles. The van der Waals surface area contributed by atoms with Crippen LogP contribution in [0.4, 0.5) is 9.59 Å². The Kier molecular flexibility index (Phi) is 7.63. The summed E-state index contributed by atoms with van der Waals surface area (Å²) in [5.74, 6) is -0.460. The molecule has 9 nitrogen and oxygen atoms in total. The molecule has 1 saturated heterocycles. The van der Waals surface area contributed by atoms with Gasteiger partial charge >= 0.3 is 18.1 Å². The van der Waals surface area contributed by atoms with E-state index in [9.17, 15) is 14.4 Å². The van der Waals surface area contributed by atoms with Gasteiger partial charge in [-0.2, -0.15) is 0 Å². The molecule has 1 unspecified atom stereocenters. The van der Waals surface area contributed by atoms with Crippen molar-refractivity contribution >= 4 is 18.1 Å². The van der Waals surface area contributed by atoms with Crippen molar-refractivity contribution in [1.82, 2.24) is 20.4 Å². The number of piperazine rings is 1. The molecular weight excluding hydrogens is 424 g/mol. The van der Waals surface area contributed by atoms with E-state index in [2.05, 4.69) is 15.5 Å². The lowest BCUT2D eigenvalue weighted by molar-refractivity contribution is -0.139. The smallest absolute Gasteiger partial charge is 0.410 e. The highest BCUT2D eigenvalue weighted by Crippen LogP contribution is 2.28. The molecule has 0 radical (unpaired) electrons. The Morgan fingerprint density at radius 2 is 1.73 bits per heavy atom. The lowest BCUT2D eigenvalue weighted by Gasteiger charge is -2.37. The van der Waals surface area contributed by atoms with Crippen molar-refractivity contribution < 1.29 is 23.9 Å². The third kappa shape index (κ3) is 6.47. The van der Waals surface area contributed by atoms with E-state index in [1.807, 2.05) is 52.0 Å². The highest BCUT2D eigenvalue weighted by molar-refractivity contribution is 5.95. The molecule has 1 aromatic carbocycles. The zero-order valence-corrected chi connectivity index (χ0v) is 20.1. The molecule has 0 aliphatic carbocycles. The van der Waals surface area contributed by atoms with Crippen LogP contribution >= 0.6 is 0 Å². The minimum Gasteiger partial charge on any atom is -0.463 e. The van der Waals surface area contributed by atoms with Crippen LogP contribution < -0.4 is 10.6 Å². The Morgan fingerprint density at radius 3 is 2.30 bits per heavy atom. The van der Waals surface area contributed by atoms with Crippen molar-refractivity contribution in [2.75, 3.05) is 39.3 Å². The Labute approximate surface area is 195 Å². The lowest BCUT2D eigenvalue weighted by atomic mass is 9.94. The van der Waals surface area contributed by atoms with Gasteiger partial charge in [0.25, 0.3) is 0 Å². The number of carbonyl (C=O) groups excluding carboxylic acids is 3. The van der Waals surface area contributed by atoms with Gasteiger partial charge in [0.15, 0.2) is 0 Å². The Morgan fingerprint density at radius 1 is 1.09 bits per heavy atom. The zero-order valence-electron chi connectivity index (χ0n) is 20.1. The third-order valence-corrected chi connectivity index (χ3v) is 5.47. The monoisotopic (exact) mass is 458 g/mol. The maximum absolute atomic E-state index is 12.9. The van der Waals surface area contributed by atoms with Crippen molar-refractivity contribution in [1.29, 1.82) is 0 Å². The summed E-state index contributed by atoms with van der Waals surface area (Å²) in [5.41, 5.74) is 2.27. The second kappa shape index (κ2) is 10.2. The standard InChI is InChI=1S/C24H34N4O5/c1-6-32-21(29)19-18(25-22(30)26-20(19)17-9-7-16(2)8-10-17)15-27-11-13-28(14-12-27)23(31)33-24(3,4)5/h7-10,20H,6,11-15H2,1-5H3,(H2,25,26,30). The largest absolute Gasteiger partial charge is 0.463 e. The van der Waals surface area contributed by atoms with E-state index < -0.39 is 17.6 Å². The summed E-state index contributed by atoms with van der Waals surface area (Å²) in [5, 5.41) is 5.67. The number of ether oxygens (including phenoxy) is 2. The molecule has 3 amide bonds. The number of hydrogen-bond acceptors (Lipinski definition) is 6. The van der Waals surface area contributed by atoms with Crippen LogP contribution in [0.3, 0.4) is 0 Å². The summed E-state index contributed by atoms with van der Waals surface area (Å²) in [6.45, 7) is 12.1. The molecule has 2 N–H and O–H groups in total. The fraction of sp³-hybridized carbons (Fsp3) is 0.542. The molecule has 2 heterocycles. The number of aryl methyl sites for hydroxylation is 1. The van der Waals surface area contributed by atoms with Gasteiger partial charge in [0.05, 0.1) is 18.2 Å². The van der Waals surface area contributed by atoms with E-state index in [1.165, 1.54) is 0 Å². The van der Waals surface area contributed by atoms with Gasteiger partial charge in [0.1, 0.15) is 5.60 Å². The number of carbonyl (C=O) groups is 3. The number of rotatable bonds is 5. The van der Waals surface area contributed by atoms with Crippen LogP contribution in [0.15, 0.2) is 35.5 Å². The predicted molar refractivity (Wildman–Crippen MR) is 123 cm³/mol. The molecule has 1 atom stereocenters. The van der Waals surface area contributed by atoms with Gasteiger partial charge < -0.3 is 25.0 Å². The van der Waals surface area contributed by atoms with Crippen LogP contribution in [-0.2, 0) is 14.3 Å². The lowest BCUT2D eigenvalue weighted by Crippen LogP contribution is -2.53. The summed E-state index contributed by atoms with van der Waals surface area (Å²) in [6.07, 6.45) is -0.330. The van der Waals surface area contributed by atoms with Gasteiger partial charge in [-0.1, -0.05) is 29.8 Å². The second-order valence-corrected chi connectivity index (χ2v) is 9.30. The molecule has 180 valence electrons. The van der Waals surface area contributed by atoms with Gasteiger partial charge in [-0.15, -0.1) is 0 Å². The number of amides is 3. The topological polar surface area (TPSA) is 100 Å². The van der Waals surface area contributed by atoms with Gasteiger partial charge in [0.2, 0.25) is 0 Å². The van der Waals surface area contributed by atoms with Crippen LogP contribution in [0.2, 0.25) is 0 Å². The first-order valence-electron chi connectivity index (χ1n) is 11.3. The Hall–Kier alpha value is -3.07. The summed E-state index contributed by atoms with van der Waals surface area (Å²) >= 11 is 0. The first-order chi connectivity index (χ1) is 15.6. The van der Waals surface area contributed by atoms with E-state index in [4.69, 9.17) is 9.47 Å². The van der Waals surface area contributed by atoms with Gasteiger partial charge in [-0.05, 0) is 40.2 Å². The van der Waals surface area contributed by atoms with Gasteiger partial charge in [-0.3, -0.25) is 4.90 Å². The summed E-state index contributed by atoms with van der Waals surface area (Å²) in [4.78, 5) is 41.5. The molecule has 0 saturated carbocycles. The number of nitrogens with one attached hydrogen (secondary N) is 2. The third-order valence-electron chi connectivity index (χ3n) is 5.47.